The van der Waals surface area contributed by atoms with Gasteiger partial charge in [-0.15, -0.1) is 0 Å². The molecule has 5 heteroatoms. The van der Waals surface area contributed by atoms with Crippen LogP contribution in [0, 0.1) is 0 Å². The Morgan fingerprint density at radius 2 is 1.91 bits per heavy atom. The highest BCUT2D eigenvalue weighted by Gasteiger charge is 2.18. The van der Waals surface area contributed by atoms with E-state index >= 15 is 0 Å². The van der Waals surface area contributed by atoms with E-state index < -0.39 is 0 Å². The van der Waals surface area contributed by atoms with Crippen LogP contribution in [-0.4, -0.2) is 35.9 Å². The smallest absolute Gasteiger partial charge is 0.255 e. The summed E-state index contributed by atoms with van der Waals surface area (Å²) in [6.45, 7) is 2.70. The Kier molecular flexibility index (Phi) is 4.46. The van der Waals surface area contributed by atoms with Gasteiger partial charge in [-0.2, -0.15) is 0 Å². The van der Waals surface area contributed by atoms with E-state index in [2.05, 4.69) is 22.0 Å². The van der Waals surface area contributed by atoms with Crippen LogP contribution in [0.1, 0.15) is 28.8 Å². The molecule has 1 amide bonds. The SMILES string of the molecule is CN(Cc1ccccc1N1CCCC1)C(=O)c1ccc(=O)[nH]c1. The molecule has 1 N–H and O–H groups in total. The molecule has 0 saturated carbocycles. The minimum Gasteiger partial charge on any atom is -0.371 e. The number of para-hydroxylation sites is 1. The van der Waals surface area contributed by atoms with Gasteiger partial charge in [-0.25, -0.2) is 0 Å². The van der Waals surface area contributed by atoms with E-state index in [1.807, 2.05) is 12.1 Å². The van der Waals surface area contributed by atoms with E-state index in [0.717, 1.165) is 18.7 Å². The van der Waals surface area contributed by atoms with E-state index in [0.29, 0.717) is 12.1 Å². The summed E-state index contributed by atoms with van der Waals surface area (Å²) in [7, 11) is 1.79. The third-order valence-corrected chi connectivity index (χ3v) is 4.22. The summed E-state index contributed by atoms with van der Waals surface area (Å²) in [6, 6.07) is 11.2. The van der Waals surface area contributed by atoms with Crippen LogP contribution < -0.4 is 10.5 Å². The highest BCUT2D eigenvalue weighted by Crippen LogP contribution is 2.25. The number of rotatable bonds is 4. The molecule has 0 aliphatic carbocycles. The number of benzene rings is 1. The molecule has 1 aliphatic rings. The number of hydrogen-bond acceptors (Lipinski definition) is 3. The summed E-state index contributed by atoms with van der Waals surface area (Å²) < 4.78 is 0. The highest BCUT2D eigenvalue weighted by atomic mass is 16.2. The van der Waals surface area contributed by atoms with E-state index in [4.69, 9.17) is 0 Å². The van der Waals surface area contributed by atoms with Gasteiger partial charge in [-0.1, -0.05) is 18.2 Å². The molecule has 0 unspecified atom stereocenters. The normalized spacial score (nSPS) is 14.0. The molecule has 1 aliphatic heterocycles. The van der Waals surface area contributed by atoms with Crippen LogP contribution in [-0.2, 0) is 6.54 Å². The Morgan fingerprint density at radius 1 is 1.17 bits per heavy atom. The Bertz CT molecular complexity index is 727. The van der Waals surface area contributed by atoms with Gasteiger partial charge in [-0.05, 0) is 30.5 Å². The lowest BCUT2D eigenvalue weighted by Crippen LogP contribution is -2.28. The minimum atomic E-state index is -0.205. The van der Waals surface area contributed by atoms with E-state index in [1.165, 1.54) is 30.8 Å². The van der Waals surface area contributed by atoms with Gasteiger partial charge < -0.3 is 14.8 Å². The number of carbonyl (C=O) groups excluding carboxylic acids is 1. The fraction of sp³-hybridized carbons (Fsp3) is 0.333. The van der Waals surface area contributed by atoms with E-state index in [1.54, 1.807) is 18.0 Å². The summed E-state index contributed by atoms with van der Waals surface area (Å²) in [5, 5.41) is 0. The first kappa shape index (κ1) is 15.3. The number of H-pyrrole nitrogens is 1. The molecule has 120 valence electrons. The number of nitrogens with one attached hydrogen (secondary N) is 1. The average Bonchev–Trinajstić information content (AvgIpc) is 3.09. The van der Waals surface area contributed by atoms with Crippen molar-refractivity contribution in [2.45, 2.75) is 19.4 Å². The molecule has 3 rings (SSSR count). The van der Waals surface area contributed by atoms with Crippen LogP contribution >= 0.6 is 0 Å². The Labute approximate surface area is 135 Å². The Morgan fingerprint density at radius 3 is 2.61 bits per heavy atom. The lowest BCUT2D eigenvalue weighted by Gasteiger charge is -2.24. The van der Waals surface area contributed by atoms with Crippen molar-refractivity contribution in [3.05, 3.63) is 64.1 Å². The van der Waals surface area contributed by atoms with Crippen LogP contribution in [0.25, 0.3) is 0 Å². The summed E-state index contributed by atoms with van der Waals surface area (Å²) in [6.07, 6.45) is 3.91. The second-order valence-electron chi connectivity index (χ2n) is 5.93. The molecule has 5 nitrogen and oxygen atoms in total. The standard InChI is InChI=1S/C18H21N3O2/c1-20(18(23)14-8-9-17(22)19-12-14)13-15-6-2-3-7-16(15)21-10-4-5-11-21/h2-3,6-9,12H,4-5,10-11,13H2,1H3,(H,19,22). The summed E-state index contributed by atoms with van der Waals surface area (Å²) >= 11 is 0. The van der Waals surface area contributed by atoms with Gasteiger partial charge in [0, 0.05) is 44.6 Å². The van der Waals surface area contributed by atoms with Crippen LogP contribution in [0.4, 0.5) is 5.69 Å². The Hall–Kier alpha value is -2.56. The molecular formula is C18H21N3O2. The number of amides is 1. The zero-order valence-corrected chi connectivity index (χ0v) is 13.3. The number of pyridine rings is 1. The van der Waals surface area contributed by atoms with Crippen LogP contribution in [0.3, 0.4) is 0 Å². The van der Waals surface area contributed by atoms with Gasteiger partial charge in [0.1, 0.15) is 0 Å². The van der Waals surface area contributed by atoms with Crippen molar-refractivity contribution in [2.24, 2.45) is 0 Å². The molecule has 0 bridgehead atoms. The predicted octanol–water partition coefficient (Wildman–Crippen LogP) is 2.25. The van der Waals surface area contributed by atoms with Crippen molar-refractivity contribution < 1.29 is 4.79 Å². The van der Waals surface area contributed by atoms with Crippen molar-refractivity contribution >= 4 is 11.6 Å². The van der Waals surface area contributed by atoms with Gasteiger partial charge in [0.2, 0.25) is 5.56 Å². The third-order valence-electron chi connectivity index (χ3n) is 4.22. The maximum absolute atomic E-state index is 12.5. The van der Waals surface area contributed by atoms with E-state index in [-0.39, 0.29) is 11.5 Å². The van der Waals surface area contributed by atoms with Crippen molar-refractivity contribution in [3.8, 4) is 0 Å². The second kappa shape index (κ2) is 6.69. The average molecular weight is 311 g/mol. The lowest BCUT2D eigenvalue weighted by molar-refractivity contribution is 0.0785. The second-order valence-corrected chi connectivity index (χ2v) is 5.93. The minimum absolute atomic E-state index is 0.0996. The largest absolute Gasteiger partial charge is 0.371 e. The van der Waals surface area contributed by atoms with Gasteiger partial charge in [-0.3, -0.25) is 9.59 Å². The van der Waals surface area contributed by atoms with E-state index in [9.17, 15) is 9.59 Å². The molecule has 1 aromatic heterocycles. The fourth-order valence-electron chi connectivity index (χ4n) is 3.00. The zero-order valence-electron chi connectivity index (χ0n) is 13.3. The monoisotopic (exact) mass is 311 g/mol. The molecule has 23 heavy (non-hydrogen) atoms. The summed E-state index contributed by atoms with van der Waals surface area (Å²) in [5.74, 6) is -0.0996. The van der Waals surface area contributed by atoms with Crippen molar-refractivity contribution in [3.63, 3.8) is 0 Å². The van der Waals surface area contributed by atoms with Crippen LogP contribution in [0.2, 0.25) is 0 Å². The van der Waals surface area contributed by atoms with Gasteiger partial charge in [0.15, 0.2) is 0 Å². The molecule has 2 aromatic rings. The molecule has 1 fully saturated rings. The number of aromatic nitrogens is 1. The number of anilines is 1. The first-order valence-electron chi connectivity index (χ1n) is 7.92. The third kappa shape index (κ3) is 3.44. The predicted molar refractivity (Wildman–Crippen MR) is 90.7 cm³/mol. The topological polar surface area (TPSA) is 56.4 Å². The van der Waals surface area contributed by atoms with Crippen molar-refractivity contribution in [1.29, 1.82) is 0 Å². The molecule has 1 aromatic carbocycles. The molecular weight excluding hydrogens is 290 g/mol. The molecule has 0 spiro atoms. The number of nitrogens with zero attached hydrogens (tertiary/aromatic N) is 2. The van der Waals surface area contributed by atoms with Gasteiger partial charge in [0.25, 0.3) is 5.91 Å². The van der Waals surface area contributed by atoms with Gasteiger partial charge in [0.05, 0.1) is 5.56 Å². The van der Waals surface area contributed by atoms with Crippen molar-refractivity contribution in [2.75, 3.05) is 25.0 Å². The lowest BCUT2D eigenvalue weighted by atomic mass is 10.1. The van der Waals surface area contributed by atoms with Crippen LogP contribution in [0.15, 0.2) is 47.4 Å². The molecule has 0 atom stereocenters. The number of carbonyl (C=O) groups is 1. The zero-order chi connectivity index (χ0) is 16.2. The summed E-state index contributed by atoms with van der Waals surface area (Å²) in [5.41, 5.74) is 2.65. The number of hydrogen-bond donors (Lipinski definition) is 1. The maximum atomic E-state index is 12.5. The molecule has 0 radical (unpaired) electrons. The van der Waals surface area contributed by atoms with Crippen molar-refractivity contribution in [1.82, 2.24) is 9.88 Å². The fourth-order valence-corrected chi connectivity index (χ4v) is 3.00. The summed E-state index contributed by atoms with van der Waals surface area (Å²) in [4.78, 5) is 30.2. The number of aromatic amines is 1. The Balaban J connectivity index is 1.77. The maximum Gasteiger partial charge on any atom is 0.255 e. The highest BCUT2D eigenvalue weighted by molar-refractivity contribution is 5.93. The first-order chi connectivity index (χ1) is 11.1. The first-order valence-corrected chi connectivity index (χ1v) is 7.92. The van der Waals surface area contributed by atoms with Gasteiger partial charge >= 0.3 is 0 Å². The van der Waals surface area contributed by atoms with Crippen LogP contribution in [0.5, 0.6) is 0 Å². The molecule has 1 saturated heterocycles. The quantitative estimate of drug-likeness (QED) is 0.942. The molecule has 2 heterocycles.